The van der Waals surface area contributed by atoms with Crippen LogP contribution in [0.25, 0.3) is 0 Å². The fourth-order valence-corrected chi connectivity index (χ4v) is 1.08. The number of hydrogen-bond acceptors (Lipinski definition) is 2. The summed E-state index contributed by atoms with van der Waals surface area (Å²) < 4.78 is 1.83. The Labute approximate surface area is 77.7 Å². The molecule has 0 radical (unpaired) electrons. The van der Waals surface area contributed by atoms with Gasteiger partial charge in [0.1, 0.15) is 0 Å². The molecule has 3 nitrogen and oxygen atoms in total. The van der Waals surface area contributed by atoms with E-state index < -0.39 is 0 Å². The zero-order valence-corrected chi connectivity index (χ0v) is 8.17. The van der Waals surface area contributed by atoms with Gasteiger partial charge in [0.2, 0.25) is 0 Å². The summed E-state index contributed by atoms with van der Waals surface area (Å²) in [7, 11) is 0. The maximum Gasteiger partial charge on any atom is 0.0785 e. The molecule has 1 aromatic rings. The Morgan fingerprint density at radius 2 is 2.42 bits per heavy atom. The number of nitrogens with zero attached hydrogens (tertiary/aromatic N) is 2. The normalized spacial score (nSPS) is 11.0. The summed E-state index contributed by atoms with van der Waals surface area (Å²) in [6.45, 7) is 6.03. The van der Waals surface area contributed by atoms with E-state index in [0.717, 1.165) is 13.1 Å². The predicted octanol–water partition coefficient (Wildman–Crippen LogP) is 1.53. The van der Waals surface area contributed by atoms with Crippen LogP contribution >= 0.6 is 11.6 Å². The topological polar surface area (TPSA) is 29.9 Å². The third kappa shape index (κ3) is 3.24. The van der Waals surface area contributed by atoms with E-state index in [-0.39, 0.29) is 0 Å². The van der Waals surface area contributed by atoms with E-state index >= 15 is 0 Å². The van der Waals surface area contributed by atoms with Crippen LogP contribution in [0.1, 0.15) is 13.8 Å². The summed E-state index contributed by atoms with van der Waals surface area (Å²) in [5.41, 5.74) is 0. The van der Waals surface area contributed by atoms with Crippen molar-refractivity contribution in [1.82, 2.24) is 15.1 Å². The van der Waals surface area contributed by atoms with Gasteiger partial charge in [-0.1, -0.05) is 25.4 Å². The molecule has 0 aromatic carbocycles. The van der Waals surface area contributed by atoms with Gasteiger partial charge in [-0.15, -0.1) is 0 Å². The molecule has 1 N–H and O–H groups in total. The van der Waals surface area contributed by atoms with E-state index in [0.29, 0.717) is 11.1 Å². The maximum atomic E-state index is 5.70. The minimum Gasteiger partial charge on any atom is -0.313 e. The minimum atomic E-state index is 0.524. The molecule has 4 heteroatoms. The van der Waals surface area contributed by atoms with Gasteiger partial charge in [-0.2, -0.15) is 5.10 Å². The lowest BCUT2D eigenvalue weighted by Gasteiger charge is -2.07. The summed E-state index contributed by atoms with van der Waals surface area (Å²) in [6, 6.07) is 0.524. The van der Waals surface area contributed by atoms with Crippen molar-refractivity contribution >= 4 is 11.6 Å². The summed E-state index contributed by atoms with van der Waals surface area (Å²) in [5, 5.41) is 8.05. The van der Waals surface area contributed by atoms with Gasteiger partial charge in [0.15, 0.2) is 0 Å². The van der Waals surface area contributed by atoms with Crippen LogP contribution in [0.4, 0.5) is 0 Å². The van der Waals surface area contributed by atoms with Gasteiger partial charge in [-0.3, -0.25) is 4.68 Å². The first-order valence-electron chi connectivity index (χ1n) is 4.10. The van der Waals surface area contributed by atoms with Gasteiger partial charge in [-0.05, 0) is 0 Å². The fourth-order valence-electron chi connectivity index (χ4n) is 0.928. The smallest absolute Gasteiger partial charge is 0.0785 e. The van der Waals surface area contributed by atoms with Crippen LogP contribution in [0.15, 0.2) is 12.4 Å². The van der Waals surface area contributed by atoms with Crippen molar-refractivity contribution in [2.24, 2.45) is 0 Å². The van der Waals surface area contributed by atoms with Crippen LogP contribution < -0.4 is 5.32 Å². The van der Waals surface area contributed by atoms with Gasteiger partial charge in [0, 0.05) is 18.8 Å². The van der Waals surface area contributed by atoms with E-state index in [1.165, 1.54) is 0 Å². The summed E-state index contributed by atoms with van der Waals surface area (Å²) >= 11 is 5.70. The zero-order valence-electron chi connectivity index (χ0n) is 7.42. The van der Waals surface area contributed by atoms with Gasteiger partial charge < -0.3 is 5.32 Å². The molecular weight excluding hydrogens is 174 g/mol. The molecule has 0 aliphatic rings. The molecule has 0 spiro atoms. The molecular formula is C8H14ClN3. The molecule has 0 atom stereocenters. The Hall–Kier alpha value is -0.540. The molecule has 0 saturated carbocycles. The number of aromatic nitrogens is 2. The van der Waals surface area contributed by atoms with E-state index in [2.05, 4.69) is 24.3 Å². The number of hydrogen-bond donors (Lipinski definition) is 1. The van der Waals surface area contributed by atoms with Gasteiger partial charge in [0.25, 0.3) is 0 Å². The standard InChI is InChI=1S/C8H14ClN3/c1-7(2)10-3-4-12-6-8(9)5-11-12/h5-7,10H,3-4H2,1-2H3. The summed E-state index contributed by atoms with van der Waals surface area (Å²) in [5.74, 6) is 0. The largest absolute Gasteiger partial charge is 0.313 e. The third-order valence-corrected chi connectivity index (χ3v) is 1.69. The molecule has 0 bridgehead atoms. The summed E-state index contributed by atoms with van der Waals surface area (Å²) in [4.78, 5) is 0. The van der Waals surface area contributed by atoms with Crippen molar-refractivity contribution in [2.45, 2.75) is 26.4 Å². The SMILES string of the molecule is CC(C)NCCn1cc(Cl)cn1. The fraction of sp³-hybridized carbons (Fsp3) is 0.625. The average molecular weight is 188 g/mol. The van der Waals surface area contributed by atoms with Crippen LogP contribution in [0.3, 0.4) is 0 Å². The molecule has 0 saturated heterocycles. The van der Waals surface area contributed by atoms with Crippen molar-refractivity contribution in [3.05, 3.63) is 17.4 Å². The van der Waals surface area contributed by atoms with E-state index in [9.17, 15) is 0 Å². The monoisotopic (exact) mass is 187 g/mol. The Balaban J connectivity index is 2.24. The molecule has 0 aliphatic heterocycles. The molecule has 1 aromatic heterocycles. The number of nitrogens with one attached hydrogen (secondary N) is 1. The Bertz CT molecular complexity index is 232. The Morgan fingerprint density at radius 1 is 1.67 bits per heavy atom. The quantitative estimate of drug-likeness (QED) is 0.775. The molecule has 0 aliphatic carbocycles. The van der Waals surface area contributed by atoms with Gasteiger partial charge in [0.05, 0.1) is 17.8 Å². The Morgan fingerprint density at radius 3 is 2.92 bits per heavy atom. The van der Waals surface area contributed by atoms with Crippen LogP contribution in [0.5, 0.6) is 0 Å². The van der Waals surface area contributed by atoms with Crippen molar-refractivity contribution in [2.75, 3.05) is 6.54 Å². The predicted molar refractivity (Wildman–Crippen MR) is 50.4 cm³/mol. The molecule has 12 heavy (non-hydrogen) atoms. The second kappa shape index (κ2) is 4.48. The van der Waals surface area contributed by atoms with Crippen molar-refractivity contribution in [3.8, 4) is 0 Å². The third-order valence-electron chi connectivity index (χ3n) is 1.50. The van der Waals surface area contributed by atoms with E-state index in [4.69, 9.17) is 11.6 Å². The van der Waals surface area contributed by atoms with E-state index in [1.54, 1.807) is 6.20 Å². The molecule has 0 amide bonds. The highest BCUT2D eigenvalue weighted by molar-refractivity contribution is 6.30. The highest BCUT2D eigenvalue weighted by Gasteiger charge is 1.95. The summed E-state index contributed by atoms with van der Waals surface area (Å²) in [6.07, 6.45) is 3.47. The molecule has 1 rings (SSSR count). The first kappa shape index (κ1) is 9.55. The van der Waals surface area contributed by atoms with Crippen molar-refractivity contribution in [3.63, 3.8) is 0 Å². The number of halogens is 1. The second-order valence-electron chi connectivity index (χ2n) is 3.03. The van der Waals surface area contributed by atoms with Crippen molar-refractivity contribution < 1.29 is 0 Å². The lowest BCUT2D eigenvalue weighted by atomic mass is 10.4. The van der Waals surface area contributed by atoms with Crippen molar-refractivity contribution in [1.29, 1.82) is 0 Å². The zero-order chi connectivity index (χ0) is 8.97. The van der Waals surface area contributed by atoms with E-state index in [1.807, 2.05) is 10.9 Å². The molecule has 0 unspecified atom stereocenters. The minimum absolute atomic E-state index is 0.524. The van der Waals surface area contributed by atoms with Crippen LogP contribution in [-0.4, -0.2) is 22.4 Å². The lowest BCUT2D eigenvalue weighted by molar-refractivity contribution is 0.515. The lowest BCUT2D eigenvalue weighted by Crippen LogP contribution is -2.26. The molecule has 0 fully saturated rings. The van der Waals surface area contributed by atoms with Crippen LogP contribution in [-0.2, 0) is 6.54 Å². The second-order valence-corrected chi connectivity index (χ2v) is 3.47. The first-order chi connectivity index (χ1) is 5.68. The van der Waals surface area contributed by atoms with Gasteiger partial charge in [-0.25, -0.2) is 0 Å². The Kier molecular flexibility index (Phi) is 3.56. The first-order valence-corrected chi connectivity index (χ1v) is 4.47. The highest BCUT2D eigenvalue weighted by atomic mass is 35.5. The number of rotatable bonds is 4. The molecule has 68 valence electrons. The highest BCUT2D eigenvalue weighted by Crippen LogP contribution is 2.03. The maximum absolute atomic E-state index is 5.70. The van der Waals surface area contributed by atoms with Gasteiger partial charge >= 0.3 is 0 Å². The average Bonchev–Trinajstić information content (AvgIpc) is 2.35. The van der Waals surface area contributed by atoms with Crippen LogP contribution in [0.2, 0.25) is 5.02 Å². The van der Waals surface area contributed by atoms with Crippen LogP contribution in [0, 0.1) is 0 Å². The molecule has 1 heterocycles.